The van der Waals surface area contributed by atoms with E-state index in [-0.39, 0.29) is 6.61 Å². The van der Waals surface area contributed by atoms with Crippen LogP contribution in [-0.2, 0) is 0 Å². The van der Waals surface area contributed by atoms with Crippen molar-refractivity contribution in [3.63, 3.8) is 0 Å². The highest BCUT2D eigenvalue weighted by atomic mass is 16.3. The molecule has 0 unspecified atom stereocenters. The number of hydrogen-bond acceptors (Lipinski definition) is 10. The molecule has 10 heteroatoms. The molecular formula is C22H30N8O2. The lowest BCUT2D eigenvalue weighted by atomic mass is 10.1. The Labute approximate surface area is 187 Å². The predicted molar refractivity (Wildman–Crippen MR) is 128 cm³/mol. The maximum absolute atomic E-state index is 9.50. The molecule has 170 valence electrons. The second-order valence-corrected chi connectivity index (χ2v) is 7.54. The number of rotatable bonds is 11. The summed E-state index contributed by atoms with van der Waals surface area (Å²) in [5.41, 5.74) is 14.5. The van der Waals surface area contributed by atoms with E-state index in [1.807, 2.05) is 36.2 Å². The molecule has 0 bridgehead atoms. The van der Waals surface area contributed by atoms with E-state index in [1.54, 1.807) is 24.3 Å². The molecule has 3 rings (SSSR count). The van der Waals surface area contributed by atoms with E-state index >= 15 is 0 Å². The van der Waals surface area contributed by atoms with Gasteiger partial charge in [-0.3, -0.25) is 0 Å². The zero-order valence-corrected chi connectivity index (χ0v) is 18.1. The Morgan fingerprint density at radius 3 is 1.97 bits per heavy atom. The third-order valence-electron chi connectivity index (χ3n) is 4.74. The van der Waals surface area contributed by atoms with Gasteiger partial charge in [0.15, 0.2) is 0 Å². The normalized spacial score (nSPS) is 11.7. The lowest BCUT2D eigenvalue weighted by Gasteiger charge is -2.19. The Hall–Kier alpha value is -3.63. The largest absolute Gasteiger partial charge is 0.399 e. The van der Waals surface area contributed by atoms with Crippen LogP contribution in [0.1, 0.15) is 19.3 Å². The summed E-state index contributed by atoms with van der Waals surface area (Å²) in [5, 5.41) is 24.8. The molecule has 10 nitrogen and oxygen atoms in total. The molecule has 0 aliphatic heterocycles. The van der Waals surface area contributed by atoms with Crippen molar-refractivity contribution in [2.45, 2.75) is 25.4 Å². The molecule has 0 aliphatic rings. The zero-order chi connectivity index (χ0) is 22.9. The monoisotopic (exact) mass is 438 g/mol. The quantitative estimate of drug-likeness (QED) is 0.194. The summed E-state index contributed by atoms with van der Waals surface area (Å²) in [6, 6.07) is 14.6. The second-order valence-electron chi connectivity index (χ2n) is 7.54. The van der Waals surface area contributed by atoms with Crippen LogP contribution in [0.25, 0.3) is 0 Å². The molecule has 1 atom stereocenters. The molecule has 0 aliphatic carbocycles. The number of nitrogen functional groups attached to an aromatic ring is 2. The van der Waals surface area contributed by atoms with Gasteiger partial charge in [-0.05, 0) is 55.7 Å². The third kappa shape index (κ3) is 6.96. The van der Waals surface area contributed by atoms with Crippen molar-refractivity contribution in [3.8, 4) is 0 Å². The minimum absolute atomic E-state index is 0.221. The first-order valence-electron chi connectivity index (χ1n) is 10.4. The van der Waals surface area contributed by atoms with Crippen LogP contribution in [0.3, 0.4) is 0 Å². The molecule has 2 aromatic carbocycles. The Balaban J connectivity index is 1.79. The molecule has 0 radical (unpaired) electrons. The van der Waals surface area contributed by atoms with Crippen molar-refractivity contribution >= 4 is 40.6 Å². The summed E-state index contributed by atoms with van der Waals surface area (Å²) in [7, 11) is 1.90. The maximum Gasteiger partial charge on any atom is 0.233 e. The second kappa shape index (κ2) is 11.1. The summed E-state index contributed by atoms with van der Waals surface area (Å²) in [5.74, 6) is 1.23. The molecule has 1 heterocycles. The fourth-order valence-electron chi connectivity index (χ4n) is 3.06. The van der Waals surface area contributed by atoms with E-state index in [0.717, 1.165) is 24.2 Å². The molecule has 0 amide bonds. The van der Waals surface area contributed by atoms with Gasteiger partial charge in [-0.2, -0.15) is 15.0 Å². The molecule has 32 heavy (non-hydrogen) atoms. The van der Waals surface area contributed by atoms with Gasteiger partial charge in [0, 0.05) is 36.3 Å². The minimum atomic E-state index is -0.680. The summed E-state index contributed by atoms with van der Waals surface area (Å²) in [4.78, 5) is 15.5. The van der Waals surface area contributed by atoms with Crippen LogP contribution >= 0.6 is 0 Å². The highest BCUT2D eigenvalue weighted by molar-refractivity contribution is 5.63. The number of nitrogens with zero attached hydrogens (tertiary/aromatic N) is 4. The fraction of sp³-hybridized carbons (Fsp3) is 0.318. The van der Waals surface area contributed by atoms with Crippen molar-refractivity contribution in [2.24, 2.45) is 0 Å². The van der Waals surface area contributed by atoms with E-state index in [4.69, 9.17) is 16.6 Å². The summed E-state index contributed by atoms with van der Waals surface area (Å²) < 4.78 is 0. The van der Waals surface area contributed by atoms with Crippen LogP contribution in [0.15, 0.2) is 48.5 Å². The van der Waals surface area contributed by atoms with Crippen LogP contribution in [0, 0.1) is 0 Å². The first kappa shape index (κ1) is 23.0. The van der Waals surface area contributed by atoms with Gasteiger partial charge in [0.25, 0.3) is 0 Å². The third-order valence-corrected chi connectivity index (χ3v) is 4.74. The SMILES string of the molecule is CN(CCCC[C@H](O)CO)c1nc(Nc2cccc(N)c2)nc(Nc2cccc(N)c2)n1. The smallest absolute Gasteiger partial charge is 0.233 e. The van der Waals surface area contributed by atoms with Gasteiger partial charge < -0.3 is 37.2 Å². The highest BCUT2D eigenvalue weighted by Crippen LogP contribution is 2.22. The van der Waals surface area contributed by atoms with Crippen LogP contribution in [-0.4, -0.2) is 51.5 Å². The van der Waals surface area contributed by atoms with Crippen LogP contribution in [0.4, 0.5) is 40.6 Å². The molecule has 0 saturated heterocycles. The van der Waals surface area contributed by atoms with Gasteiger partial charge in [-0.25, -0.2) is 0 Å². The van der Waals surface area contributed by atoms with E-state index < -0.39 is 6.10 Å². The molecule has 1 aromatic heterocycles. The number of aliphatic hydroxyl groups excluding tert-OH is 2. The van der Waals surface area contributed by atoms with Gasteiger partial charge in [-0.1, -0.05) is 12.1 Å². The summed E-state index contributed by atoms with van der Waals surface area (Å²) in [6.07, 6.45) is 1.46. The molecule has 8 N–H and O–H groups in total. The fourth-order valence-corrected chi connectivity index (χ4v) is 3.06. The van der Waals surface area contributed by atoms with Crippen molar-refractivity contribution < 1.29 is 10.2 Å². The molecule has 0 saturated carbocycles. The number of nitrogens with one attached hydrogen (secondary N) is 2. The Morgan fingerprint density at radius 1 is 0.906 bits per heavy atom. The van der Waals surface area contributed by atoms with E-state index in [9.17, 15) is 5.11 Å². The van der Waals surface area contributed by atoms with E-state index in [1.165, 1.54) is 0 Å². The first-order chi connectivity index (χ1) is 15.4. The van der Waals surface area contributed by atoms with Gasteiger partial charge in [0.05, 0.1) is 12.7 Å². The number of anilines is 7. The molecule has 3 aromatic rings. The summed E-state index contributed by atoms with van der Waals surface area (Å²) in [6.45, 7) is 0.457. The molecule has 0 fully saturated rings. The molecular weight excluding hydrogens is 408 g/mol. The first-order valence-corrected chi connectivity index (χ1v) is 10.4. The van der Waals surface area contributed by atoms with Crippen molar-refractivity contribution in [3.05, 3.63) is 48.5 Å². The van der Waals surface area contributed by atoms with Crippen LogP contribution in [0.5, 0.6) is 0 Å². The van der Waals surface area contributed by atoms with Gasteiger partial charge in [0.2, 0.25) is 17.8 Å². The zero-order valence-electron chi connectivity index (χ0n) is 18.1. The number of benzene rings is 2. The standard InChI is InChI=1S/C22H30N8O2/c1-30(11-3-2-10-19(32)14-31)22-28-20(25-17-8-4-6-15(23)12-17)27-21(29-22)26-18-9-5-7-16(24)13-18/h4-9,12-13,19,31-32H,2-3,10-11,14,23-24H2,1H3,(H2,25,26,27,28,29)/t19-/m0/s1. The average molecular weight is 439 g/mol. The topological polar surface area (TPSA) is 158 Å². The lowest BCUT2D eigenvalue weighted by Crippen LogP contribution is -2.23. The van der Waals surface area contributed by atoms with Gasteiger partial charge in [0.1, 0.15) is 0 Å². The van der Waals surface area contributed by atoms with Gasteiger partial charge >= 0.3 is 0 Å². The number of unbranched alkanes of at least 4 members (excludes halogenated alkanes) is 1. The molecule has 0 spiro atoms. The number of nitrogens with two attached hydrogens (primary N) is 2. The van der Waals surface area contributed by atoms with E-state index in [0.29, 0.717) is 42.2 Å². The number of aliphatic hydroxyl groups is 2. The van der Waals surface area contributed by atoms with Crippen molar-refractivity contribution in [1.29, 1.82) is 0 Å². The maximum atomic E-state index is 9.50. The average Bonchev–Trinajstić information content (AvgIpc) is 2.76. The Bertz CT molecular complexity index is 951. The van der Waals surface area contributed by atoms with Crippen molar-refractivity contribution in [2.75, 3.05) is 47.2 Å². The van der Waals surface area contributed by atoms with Crippen LogP contribution in [0.2, 0.25) is 0 Å². The van der Waals surface area contributed by atoms with Crippen LogP contribution < -0.4 is 27.0 Å². The van der Waals surface area contributed by atoms with Crippen molar-refractivity contribution in [1.82, 2.24) is 15.0 Å². The Kier molecular flexibility index (Phi) is 8.01. The Morgan fingerprint density at radius 2 is 1.47 bits per heavy atom. The van der Waals surface area contributed by atoms with E-state index in [2.05, 4.69) is 25.6 Å². The number of aromatic nitrogens is 3. The number of hydrogen-bond donors (Lipinski definition) is 6. The highest BCUT2D eigenvalue weighted by Gasteiger charge is 2.12. The van der Waals surface area contributed by atoms with Gasteiger partial charge in [-0.15, -0.1) is 0 Å². The lowest BCUT2D eigenvalue weighted by molar-refractivity contribution is 0.0863. The summed E-state index contributed by atoms with van der Waals surface area (Å²) >= 11 is 0. The predicted octanol–water partition coefficient (Wildman–Crippen LogP) is 2.48. The minimum Gasteiger partial charge on any atom is -0.399 e.